The summed E-state index contributed by atoms with van der Waals surface area (Å²) in [6, 6.07) is 11.4. The molecule has 8 heteroatoms. The van der Waals surface area contributed by atoms with Gasteiger partial charge in [-0.05, 0) is 58.0 Å². The highest BCUT2D eigenvalue weighted by Gasteiger charge is 2.25. The number of amides is 2. The summed E-state index contributed by atoms with van der Waals surface area (Å²) in [5.41, 5.74) is 1.01. The fraction of sp³-hybridized carbons (Fsp3) is 0.0556. The maximum Gasteiger partial charge on any atom is 0.263 e. The molecule has 0 unspecified atom stereocenters. The van der Waals surface area contributed by atoms with Crippen LogP contribution >= 0.6 is 28.1 Å². The molecular formula is C18H12BrFN2O3S. The van der Waals surface area contributed by atoms with Gasteiger partial charge >= 0.3 is 0 Å². The van der Waals surface area contributed by atoms with Crippen LogP contribution in [0.2, 0.25) is 0 Å². The summed E-state index contributed by atoms with van der Waals surface area (Å²) in [5.74, 6) is -0.948. The molecule has 1 aliphatic rings. The summed E-state index contributed by atoms with van der Waals surface area (Å²) in [5, 5.41) is 4.72. The number of carbonyl (C=O) groups is 2. The summed E-state index contributed by atoms with van der Waals surface area (Å²) in [7, 11) is 0. The number of ether oxygens (including phenoxy) is 1. The molecule has 0 atom stereocenters. The second-order valence-corrected chi connectivity index (χ2v) is 6.63. The molecule has 132 valence electrons. The highest BCUT2D eigenvalue weighted by molar-refractivity contribution is 9.10. The van der Waals surface area contributed by atoms with Crippen molar-refractivity contribution in [2.45, 2.75) is 6.61 Å². The van der Waals surface area contributed by atoms with Crippen molar-refractivity contribution >= 4 is 51.2 Å². The van der Waals surface area contributed by atoms with Gasteiger partial charge in [0.05, 0.1) is 4.47 Å². The van der Waals surface area contributed by atoms with Gasteiger partial charge < -0.3 is 4.74 Å². The van der Waals surface area contributed by atoms with Crippen molar-refractivity contribution in [1.29, 1.82) is 0 Å². The minimum atomic E-state index is -0.560. The van der Waals surface area contributed by atoms with Crippen LogP contribution in [0.4, 0.5) is 4.39 Å². The van der Waals surface area contributed by atoms with Gasteiger partial charge in [-0.1, -0.05) is 24.3 Å². The Morgan fingerprint density at radius 1 is 1.12 bits per heavy atom. The normalized spacial score (nSPS) is 13.9. The van der Waals surface area contributed by atoms with Gasteiger partial charge in [0.2, 0.25) is 0 Å². The standard InChI is InChI=1S/C18H12BrFN2O3S/c19-13-8-10(7-12-16(23)21-18(26)22-17(12)24)5-6-15(13)25-9-11-3-1-2-4-14(11)20/h1-8H,9H2,(H2,21,22,23,24,26). The van der Waals surface area contributed by atoms with Crippen molar-refractivity contribution in [3.8, 4) is 5.75 Å². The third kappa shape index (κ3) is 4.14. The average molecular weight is 435 g/mol. The zero-order chi connectivity index (χ0) is 18.7. The number of rotatable bonds is 4. The van der Waals surface area contributed by atoms with Gasteiger partial charge in [0.25, 0.3) is 11.8 Å². The Balaban J connectivity index is 1.76. The van der Waals surface area contributed by atoms with E-state index < -0.39 is 11.8 Å². The Bertz CT molecular complexity index is 924. The van der Waals surface area contributed by atoms with E-state index in [2.05, 4.69) is 26.6 Å². The molecule has 1 aliphatic heterocycles. The average Bonchev–Trinajstić information content (AvgIpc) is 2.58. The molecule has 5 nitrogen and oxygen atoms in total. The predicted molar refractivity (Wildman–Crippen MR) is 102 cm³/mol. The Morgan fingerprint density at radius 2 is 1.81 bits per heavy atom. The van der Waals surface area contributed by atoms with Gasteiger partial charge in [0.1, 0.15) is 23.7 Å². The summed E-state index contributed by atoms with van der Waals surface area (Å²) >= 11 is 8.13. The predicted octanol–water partition coefficient (Wildman–Crippen LogP) is 3.08. The number of halogens is 2. The molecule has 0 spiro atoms. The smallest absolute Gasteiger partial charge is 0.263 e. The van der Waals surface area contributed by atoms with Crippen LogP contribution in [0.3, 0.4) is 0 Å². The van der Waals surface area contributed by atoms with Gasteiger partial charge in [-0.3, -0.25) is 20.2 Å². The lowest BCUT2D eigenvalue weighted by atomic mass is 10.1. The highest BCUT2D eigenvalue weighted by atomic mass is 79.9. The van der Waals surface area contributed by atoms with Crippen LogP contribution in [-0.2, 0) is 16.2 Å². The van der Waals surface area contributed by atoms with E-state index >= 15 is 0 Å². The molecule has 2 aromatic rings. The lowest BCUT2D eigenvalue weighted by Crippen LogP contribution is -2.51. The lowest BCUT2D eigenvalue weighted by Gasteiger charge is -2.16. The molecule has 0 bridgehead atoms. The topological polar surface area (TPSA) is 67.4 Å². The lowest BCUT2D eigenvalue weighted by molar-refractivity contribution is -0.123. The molecular weight excluding hydrogens is 423 g/mol. The molecule has 1 saturated heterocycles. The van der Waals surface area contributed by atoms with Crippen LogP contribution in [0.25, 0.3) is 6.08 Å². The number of thiocarbonyl (C=S) groups is 1. The largest absolute Gasteiger partial charge is 0.488 e. The monoisotopic (exact) mass is 434 g/mol. The van der Waals surface area contributed by atoms with E-state index in [1.54, 1.807) is 36.4 Å². The molecule has 2 aromatic carbocycles. The van der Waals surface area contributed by atoms with Crippen LogP contribution in [0.1, 0.15) is 11.1 Å². The summed E-state index contributed by atoms with van der Waals surface area (Å²) in [6.45, 7) is 0.0773. The van der Waals surface area contributed by atoms with E-state index in [0.29, 0.717) is 21.3 Å². The number of hydrogen-bond acceptors (Lipinski definition) is 4. The van der Waals surface area contributed by atoms with E-state index in [1.165, 1.54) is 12.1 Å². The molecule has 26 heavy (non-hydrogen) atoms. The molecule has 0 radical (unpaired) electrons. The first-order valence-corrected chi connectivity index (χ1v) is 8.68. The van der Waals surface area contributed by atoms with E-state index in [1.807, 2.05) is 0 Å². The first kappa shape index (κ1) is 18.2. The van der Waals surface area contributed by atoms with Crippen LogP contribution in [0, 0.1) is 5.82 Å². The molecule has 1 heterocycles. The number of carbonyl (C=O) groups excluding carboxylic acids is 2. The fourth-order valence-electron chi connectivity index (χ4n) is 2.27. The zero-order valence-corrected chi connectivity index (χ0v) is 15.6. The second-order valence-electron chi connectivity index (χ2n) is 5.37. The molecule has 0 saturated carbocycles. The molecule has 1 fully saturated rings. The van der Waals surface area contributed by atoms with E-state index in [0.717, 1.165) is 0 Å². The van der Waals surface area contributed by atoms with Gasteiger partial charge in [0.15, 0.2) is 5.11 Å². The first-order chi connectivity index (χ1) is 12.4. The number of benzene rings is 2. The van der Waals surface area contributed by atoms with Crippen molar-refractivity contribution in [3.05, 3.63) is 69.5 Å². The SMILES string of the molecule is O=C1NC(=S)NC(=O)C1=Cc1ccc(OCc2ccccc2F)c(Br)c1. The Kier molecular flexibility index (Phi) is 5.43. The van der Waals surface area contributed by atoms with Gasteiger partial charge in [0, 0.05) is 5.56 Å². The second kappa shape index (κ2) is 7.76. The maximum absolute atomic E-state index is 13.6. The zero-order valence-electron chi connectivity index (χ0n) is 13.2. The Hall–Kier alpha value is -2.58. The molecule has 2 amide bonds. The summed E-state index contributed by atoms with van der Waals surface area (Å²) in [6.07, 6.45) is 1.44. The Morgan fingerprint density at radius 3 is 2.46 bits per heavy atom. The van der Waals surface area contributed by atoms with Crippen LogP contribution in [0.5, 0.6) is 5.75 Å². The van der Waals surface area contributed by atoms with Crippen LogP contribution in [0.15, 0.2) is 52.5 Å². The number of hydrogen-bond donors (Lipinski definition) is 2. The minimum Gasteiger partial charge on any atom is -0.488 e. The quantitative estimate of drug-likeness (QED) is 0.440. The van der Waals surface area contributed by atoms with Gasteiger partial charge in [-0.15, -0.1) is 0 Å². The van der Waals surface area contributed by atoms with Crippen molar-refractivity contribution < 1.29 is 18.7 Å². The van der Waals surface area contributed by atoms with E-state index in [4.69, 9.17) is 17.0 Å². The van der Waals surface area contributed by atoms with E-state index in [9.17, 15) is 14.0 Å². The minimum absolute atomic E-state index is 0.0183. The van der Waals surface area contributed by atoms with Crippen molar-refractivity contribution in [3.63, 3.8) is 0 Å². The van der Waals surface area contributed by atoms with Crippen molar-refractivity contribution in [2.75, 3.05) is 0 Å². The maximum atomic E-state index is 13.6. The molecule has 0 aromatic heterocycles. The fourth-order valence-corrected chi connectivity index (χ4v) is 2.96. The van der Waals surface area contributed by atoms with Gasteiger partial charge in [-0.2, -0.15) is 0 Å². The summed E-state index contributed by atoms with van der Waals surface area (Å²) in [4.78, 5) is 23.7. The Labute approximate surface area is 162 Å². The molecule has 2 N–H and O–H groups in total. The third-order valence-electron chi connectivity index (χ3n) is 3.55. The van der Waals surface area contributed by atoms with Crippen LogP contribution < -0.4 is 15.4 Å². The van der Waals surface area contributed by atoms with Crippen molar-refractivity contribution in [1.82, 2.24) is 10.6 Å². The van der Waals surface area contributed by atoms with Crippen molar-refractivity contribution in [2.24, 2.45) is 0 Å². The molecule has 0 aliphatic carbocycles. The third-order valence-corrected chi connectivity index (χ3v) is 4.38. The van der Waals surface area contributed by atoms with Crippen LogP contribution in [-0.4, -0.2) is 16.9 Å². The number of nitrogens with one attached hydrogen (secondary N) is 2. The van der Waals surface area contributed by atoms with Gasteiger partial charge in [-0.25, -0.2) is 4.39 Å². The van der Waals surface area contributed by atoms with E-state index in [-0.39, 0.29) is 23.1 Å². The molecule has 3 rings (SSSR count). The summed E-state index contributed by atoms with van der Waals surface area (Å²) < 4.78 is 19.9. The highest BCUT2D eigenvalue weighted by Crippen LogP contribution is 2.28. The first-order valence-electron chi connectivity index (χ1n) is 7.48.